The van der Waals surface area contributed by atoms with Gasteiger partial charge in [-0.2, -0.15) is 5.26 Å². The quantitative estimate of drug-likeness (QED) is 0.939. The summed E-state index contributed by atoms with van der Waals surface area (Å²) in [4.78, 5) is 16.4. The van der Waals surface area contributed by atoms with Gasteiger partial charge in [0.2, 0.25) is 0 Å². The number of amides is 2. The summed E-state index contributed by atoms with van der Waals surface area (Å²) >= 11 is 0. The first-order valence-electron chi connectivity index (χ1n) is 8.49. The van der Waals surface area contributed by atoms with Crippen LogP contribution in [0.4, 0.5) is 10.5 Å². The van der Waals surface area contributed by atoms with E-state index in [0.29, 0.717) is 25.2 Å². The van der Waals surface area contributed by atoms with Crippen LogP contribution in [-0.2, 0) is 6.54 Å². The van der Waals surface area contributed by atoms with Gasteiger partial charge in [0.05, 0.1) is 11.6 Å². The first-order valence-corrected chi connectivity index (χ1v) is 8.49. The number of rotatable bonds is 3. The normalized spacial score (nSPS) is 14.1. The Morgan fingerprint density at radius 2 is 1.84 bits per heavy atom. The van der Waals surface area contributed by atoms with Gasteiger partial charge in [0.1, 0.15) is 0 Å². The van der Waals surface area contributed by atoms with Crippen molar-refractivity contribution in [3.8, 4) is 6.07 Å². The molecule has 3 rings (SSSR count). The predicted molar refractivity (Wildman–Crippen MR) is 98.4 cm³/mol. The molecule has 0 unspecified atom stereocenters. The van der Waals surface area contributed by atoms with Gasteiger partial charge >= 0.3 is 6.03 Å². The van der Waals surface area contributed by atoms with Gasteiger partial charge in [0.15, 0.2) is 0 Å². The van der Waals surface area contributed by atoms with E-state index in [1.807, 2.05) is 42.2 Å². The van der Waals surface area contributed by atoms with Crippen molar-refractivity contribution in [2.75, 3.05) is 31.1 Å². The summed E-state index contributed by atoms with van der Waals surface area (Å²) in [6.45, 7) is 5.49. The third-order valence-corrected chi connectivity index (χ3v) is 4.47. The number of anilines is 1. The maximum atomic E-state index is 12.3. The van der Waals surface area contributed by atoms with Crippen LogP contribution in [0.15, 0.2) is 48.5 Å². The van der Waals surface area contributed by atoms with Crippen LogP contribution >= 0.6 is 0 Å². The number of hydrogen-bond donors (Lipinski definition) is 1. The van der Waals surface area contributed by atoms with Crippen molar-refractivity contribution in [3.63, 3.8) is 0 Å². The second-order valence-corrected chi connectivity index (χ2v) is 6.28. The first-order chi connectivity index (χ1) is 12.2. The van der Waals surface area contributed by atoms with Gasteiger partial charge in [-0.05, 0) is 30.7 Å². The molecule has 0 aromatic heterocycles. The number of hydrogen-bond acceptors (Lipinski definition) is 3. The van der Waals surface area contributed by atoms with Crippen molar-refractivity contribution in [1.29, 1.82) is 5.26 Å². The average Bonchev–Trinajstić information content (AvgIpc) is 2.67. The lowest BCUT2D eigenvalue weighted by Crippen LogP contribution is -2.51. The van der Waals surface area contributed by atoms with Crippen LogP contribution in [-0.4, -0.2) is 37.1 Å². The molecule has 0 saturated carbocycles. The lowest BCUT2D eigenvalue weighted by atomic mass is 10.1. The van der Waals surface area contributed by atoms with E-state index in [-0.39, 0.29) is 6.03 Å². The number of benzene rings is 2. The third kappa shape index (κ3) is 4.30. The van der Waals surface area contributed by atoms with Crippen molar-refractivity contribution in [1.82, 2.24) is 10.2 Å². The second kappa shape index (κ2) is 7.71. The van der Waals surface area contributed by atoms with Gasteiger partial charge < -0.3 is 15.1 Å². The Balaban J connectivity index is 1.50. The van der Waals surface area contributed by atoms with Crippen molar-refractivity contribution < 1.29 is 4.79 Å². The molecular weight excluding hydrogens is 312 g/mol. The van der Waals surface area contributed by atoms with Crippen molar-refractivity contribution in [3.05, 3.63) is 65.2 Å². The van der Waals surface area contributed by atoms with Crippen molar-refractivity contribution in [2.24, 2.45) is 0 Å². The largest absolute Gasteiger partial charge is 0.368 e. The highest BCUT2D eigenvalue weighted by atomic mass is 16.2. The van der Waals surface area contributed by atoms with E-state index in [1.54, 1.807) is 6.07 Å². The molecule has 1 aliphatic heterocycles. The molecule has 2 aromatic carbocycles. The number of nitrogens with one attached hydrogen (secondary N) is 1. The Kier molecular flexibility index (Phi) is 5.20. The molecule has 1 heterocycles. The lowest BCUT2D eigenvalue weighted by Gasteiger charge is -2.36. The summed E-state index contributed by atoms with van der Waals surface area (Å²) in [6, 6.07) is 17.9. The summed E-state index contributed by atoms with van der Waals surface area (Å²) < 4.78 is 0. The highest BCUT2D eigenvalue weighted by Crippen LogP contribution is 2.18. The fourth-order valence-electron chi connectivity index (χ4n) is 2.94. The van der Waals surface area contributed by atoms with Crippen LogP contribution in [0.3, 0.4) is 0 Å². The zero-order chi connectivity index (χ0) is 17.6. The molecule has 128 valence electrons. The zero-order valence-electron chi connectivity index (χ0n) is 14.4. The maximum absolute atomic E-state index is 12.3. The second-order valence-electron chi connectivity index (χ2n) is 6.28. The molecule has 2 amide bonds. The Hall–Kier alpha value is -3.00. The molecule has 25 heavy (non-hydrogen) atoms. The van der Waals surface area contributed by atoms with Crippen LogP contribution in [0, 0.1) is 18.3 Å². The summed E-state index contributed by atoms with van der Waals surface area (Å²) in [6.07, 6.45) is 0. The molecule has 1 aliphatic rings. The van der Waals surface area contributed by atoms with Crippen molar-refractivity contribution in [2.45, 2.75) is 13.5 Å². The zero-order valence-corrected chi connectivity index (χ0v) is 14.4. The fourth-order valence-corrected chi connectivity index (χ4v) is 2.94. The van der Waals surface area contributed by atoms with Crippen LogP contribution in [0.5, 0.6) is 0 Å². The van der Waals surface area contributed by atoms with Crippen molar-refractivity contribution >= 4 is 11.7 Å². The maximum Gasteiger partial charge on any atom is 0.317 e. The fraction of sp³-hybridized carbons (Fsp3) is 0.300. The molecular formula is C20H22N4O. The predicted octanol–water partition coefficient (Wildman–Crippen LogP) is 2.90. The first kappa shape index (κ1) is 16.8. The molecule has 1 N–H and O–H groups in total. The Bertz CT molecular complexity index is 771. The summed E-state index contributed by atoms with van der Waals surface area (Å²) in [5, 5.41) is 12.0. The number of nitriles is 1. The van der Waals surface area contributed by atoms with E-state index in [2.05, 4.69) is 28.4 Å². The number of carbonyl (C=O) groups excluding carboxylic acids is 1. The summed E-state index contributed by atoms with van der Waals surface area (Å²) in [7, 11) is 0. The number of carbonyl (C=O) groups is 1. The summed E-state index contributed by atoms with van der Waals surface area (Å²) in [5.41, 5.74) is 4.02. The van der Waals surface area contributed by atoms with E-state index < -0.39 is 0 Å². The van der Waals surface area contributed by atoms with Gasteiger partial charge in [-0.3, -0.25) is 0 Å². The van der Waals surface area contributed by atoms with Gasteiger partial charge in [-0.1, -0.05) is 35.9 Å². The molecule has 2 aromatic rings. The van der Waals surface area contributed by atoms with Gasteiger partial charge in [0, 0.05) is 38.4 Å². The van der Waals surface area contributed by atoms with Crippen LogP contribution in [0.25, 0.3) is 0 Å². The smallest absolute Gasteiger partial charge is 0.317 e. The van der Waals surface area contributed by atoms with Gasteiger partial charge in [-0.25, -0.2) is 4.79 Å². The minimum Gasteiger partial charge on any atom is -0.368 e. The lowest BCUT2D eigenvalue weighted by molar-refractivity contribution is 0.194. The molecule has 1 fully saturated rings. The minimum atomic E-state index is -0.0222. The van der Waals surface area contributed by atoms with E-state index >= 15 is 0 Å². The molecule has 0 bridgehead atoms. The van der Waals surface area contributed by atoms with E-state index in [4.69, 9.17) is 5.26 Å². The molecule has 5 nitrogen and oxygen atoms in total. The van der Waals surface area contributed by atoms with Gasteiger partial charge in [0.25, 0.3) is 0 Å². The molecule has 0 aliphatic carbocycles. The SMILES string of the molecule is Cc1ccc(CNC(=O)N2CCN(c3cccc(C#N)c3)CC2)cc1. The number of aryl methyl sites for hydroxylation is 1. The van der Waals surface area contributed by atoms with Gasteiger partial charge in [-0.15, -0.1) is 0 Å². The molecule has 1 saturated heterocycles. The molecule has 0 spiro atoms. The number of nitrogens with zero attached hydrogens (tertiary/aromatic N) is 3. The molecule has 0 radical (unpaired) electrons. The van der Waals surface area contributed by atoms with E-state index in [1.165, 1.54) is 5.56 Å². The highest BCUT2D eigenvalue weighted by molar-refractivity contribution is 5.74. The topological polar surface area (TPSA) is 59.4 Å². The summed E-state index contributed by atoms with van der Waals surface area (Å²) in [5.74, 6) is 0. The van der Waals surface area contributed by atoms with Crippen LogP contribution in [0.1, 0.15) is 16.7 Å². The van der Waals surface area contributed by atoms with E-state index in [0.717, 1.165) is 24.3 Å². The van der Waals surface area contributed by atoms with Crippen LogP contribution in [0.2, 0.25) is 0 Å². The van der Waals surface area contributed by atoms with E-state index in [9.17, 15) is 4.79 Å². The minimum absolute atomic E-state index is 0.0222. The highest BCUT2D eigenvalue weighted by Gasteiger charge is 2.21. The molecule has 5 heteroatoms. The third-order valence-electron chi connectivity index (χ3n) is 4.47. The Morgan fingerprint density at radius 1 is 1.12 bits per heavy atom. The number of piperazine rings is 1. The Labute approximate surface area is 148 Å². The molecule has 0 atom stereocenters. The monoisotopic (exact) mass is 334 g/mol. The van der Waals surface area contributed by atoms with Crippen LogP contribution < -0.4 is 10.2 Å². The Morgan fingerprint density at radius 3 is 2.52 bits per heavy atom. The number of urea groups is 1. The standard InChI is InChI=1S/C20H22N4O/c1-16-5-7-17(8-6-16)15-22-20(25)24-11-9-23(10-12-24)19-4-2-3-18(13-19)14-21/h2-8,13H,9-12,15H2,1H3,(H,22,25). The average molecular weight is 334 g/mol.